The van der Waals surface area contributed by atoms with E-state index in [1.807, 2.05) is 26.8 Å². The molecule has 0 atom stereocenters. The van der Waals surface area contributed by atoms with Crippen LogP contribution in [-0.2, 0) is 14.8 Å². The van der Waals surface area contributed by atoms with E-state index in [-0.39, 0.29) is 24.9 Å². The van der Waals surface area contributed by atoms with Gasteiger partial charge in [-0.25, -0.2) is 8.42 Å². The fourth-order valence-electron chi connectivity index (χ4n) is 1.82. The number of carbonyl (C=O) groups excluding carboxylic acids is 1. The van der Waals surface area contributed by atoms with Crippen molar-refractivity contribution in [1.29, 1.82) is 0 Å². The maximum absolute atomic E-state index is 11.9. The first-order chi connectivity index (χ1) is 9.61. The Labute approximate surface area is 134 Å². The molecule has 0 bridgehead atoms. The Morgan fingerprint density at radius 2 is 2.00 bits per heavy atom. The molecule has 0 spiro atoms. The average molecular weight is 377 g/mol. The number of sulfonamides is 1. The van der Waals surface area contributed by atoms with Crippen molar-refractivity contribution >= 4 is 37.5 Å². The number of hydrogen-bond acceptors (Lipinski definition) is 3. The summed E-state index contributed by atoms with van der Waals surface area (Å²) in [6, 6.07) is 5.36. The molecule has 0 saturated heterocycles. The lowest BCUT2D eigenvalue weighted by Crippen LogP contribution is -2.36. The van der Waals surface area contributed by atoms with Gasteiger partial charge in [0.1, 0.15) is 0 Å². The smallest absolute Gasteiger partial charge is 0.232 e. The number of amides is 1. The summed E-state index contributed by atoms with van der Waals surface area (Å²) in [7, 11) is -3.44. The van der Waals surface area contributed by atoms with Crippen LogP contribution >= 0.6 is 15.9 Å². The summed E-state index contributed by atoms with van der Waals surface area (Å²) in [6.45, 7) is 5.77. The number of nitrogens with zero attached hydrogens (tertiary/aromatic N) is 1. The summed E-state index contributed by atoms with van der Waals surface area (Å²) in [4.78, 5) is 11.7. The van der Waals surface area contributed by atoms with Crippen molar-refractivity contribution in [3.63, 3.8) is 0 Å². The predicted octanol–water partition coefficient (Wildman–Crippen LogP) is 2.44. The number of nitrogens with one attached hydrogen (secondary N) is 1. The summed E-state index contributed by atoms with van der Waals surface area (Å²) < 4.78 is 26.0. The van der Waals surface area contributed by atoms with Gasteiger partial charge in [-0.2, -0.15) is 0 Å². The molecule has 0 unspecified atom stereocenters. The van der Waals surface area contributed by atoms with Crippen LogP contribution in [0.1, 0.15) is 25.8 Å². The molecule has 1 amide bonds. The van der Waals surface area contributed by atoms with E-state index < -0.39 is 10.0 Å². The van der Waals surface area contributed by atoms with Crippen LogP contribution in [-0.4, -0.2) is 33.2 Å². The number of aryl methyl sites for hydroxylation is 1. The maximum Gasteiger partial charge on any atom is 0.232 e. The van der Waals surface area contributed by atoms with Gasteiger partial charge in [-0.3, -0.25) is 9.10 Å². The third-order valence-electron chi connectivity index (χ3n) is 2.84. The molecular formula is C14H21BrN2O3S. The molecule has 5 nitrogen and oxygen atoms in total. The van der Waals surface area contributed by atoms with Gasteiger partial charge in [-0.05, 0) is 38.5 Å². The van der Waals surface area contributed by atoms with E-state index in [2.05, 4.69) is 21.2 Å². The second-order valence-electron chi connectivity index (χ2n) is 5.24. The highest BCUT2D eigenvalue weighted by Crippen LogP contribution is 2.25. The third-order valence-corrected chi connectivity index (χ3v) is 4.88. The molecule has 1 aromatic rings. The standard InChI is InChI=1S/C14H21BrN2O3S/c1-10(2)16-14(18)7-8-17(21(4,19)20)12-6-5-11(3)13(15)9-12/h5-6,9-10H,7-8H2,1-4H3,(H,16,18). The summed E-state index contributed by atoms with van der Waals surface area (Å²) >= 11 is 3.39. The van der Waals surface area contributed by atoms with Crippen LogP contribution in [0.25, 0.3) is 0 Å². The van der Waals surface area contributed by atoms with Crippen LogP contribution in [0.15, 0.2) is 22.7 Å². The zero-order chi connectivity index (χ0) is 16.2. The van der Waals surface area contributed by atoms with Crippen LogP contribution in [0.2, 0.25) is 0 Å². The van der Waals surface area contributed by atoms with E-state index in [9.17, 15) is 13.2 Å². The Morgan fingerprint density at radius 1 is 1.38 bits per heavy atom. The topological polar surface area (TPSA) is 66.5 Å². The zero-order valence-electron chi connectivity index (χ0n) is 12.7. The van der Waals surface area contributed by atoms with Gasteiger partial charge in [0, 0.05) is 23.5 Å². The van der Waals surface area contributed by atoms with E-state index in [0.717, 1.165) is 16.3 Å². The number of anilines is 1. The first kappa shape index (κ1) is 18.0. The highest BCUT2D eigenvalue weighted by Gasteiger charge is 2.19. The Kier molecular flexibility index (Phi) is 6.22. The Hall–Kier alpha value is -1.08. The molecule has 7 heteroatoms. The van der Waals surface area contributed by atoms with Crippen molar-refractivity contribution < 1.29 is 13.2 Å². The van der Waals surface area contributed by atoms with Gasteiger partial charge in [-0.15, -0.1) is 0 Å². The first-order valence-corrected chi connectivity index (χ1v) is 9.28. The van der Waals surface area contributed by atoms with Gasteiger partial charge in [0.15, 0.2) is 0 Å². The molecule has 0 radical (unpaired) electrons. The van der Waals surface area contributed by atoms with E-state index in [0.29, 0.717) is 5.69 Å². The van der Waals surface area contributed by atoms with Gasteiger partial charge in [0.2, 0.25) is 15.9 Å². The van der Waals surface area contributed by atoms with Crippen molar-refractivity contribution in [2.24, 2.45) is 0 Å². The second-order valence-corrected chi connectivity index (χ2v) is 8.00. The Bertz CT molecular complexity index is 615. The molecule has 0 aromatic heterocycles. The molecule has 0 aliphatic heterocycles. The third kappa shape index (κ3) is 5.67. The summed E-state index contributed by atoms with van der Waals surface area (Å²) in [5.74, 6) is -0.162. The average Bonchev–Trinajstić information content (AvgIpc) is 2.31. The highest BCUT2D eigenvalue weighted by molar-refractivity contribution is 9.10. The van der Waals surface area contributed by atoms with Crippen LogP contribution in [0, 0.1) is 6.92 Å². The molecule has 21 heavy (non-hydrogen) atoms. The second kappa shape index (κ2) is 7.26. The van der Waals surface area contributed by atoms with Crippen LogP contribution in [0.5, 0.6) is 0 Å². The SMILES string of the molecule is Cc1ccc(N(CCC(=O)NC(C)C)S(C)(=O)=O)cc1Br. The fourth-order valence-corrected chi connectivity index (χ4v) is 3.11. The lowest BCUT2D eigenvalue weighted by Gasteiger charge is -2.23. The Balaban J connectivity index is 2.92. The lowest BCUT2D eigenvalue weighted by molar-refractivity contribution is -0.121. The minimum Gasteiger partial charge on any atom is -0.354 e. The van der Waals surface area contributed by atoms with Crippen molar-refractivity contribution in [3.8, 4) is 0 Å². The normalized spacial score (nSPS) is 11.5. The van der Waals surface area contributed by atoms with Crippen molar-refractivity contribution in [3.05, 3.63) is 28.2 Å². The molecule has 0 fully saturated rings. The fraction of sp³-hybridized carbons (Fsp3) is 0.500. The largest absolute Gasteiger partial charge is 0.354 e. The van der Waals surface area contributed by atoms with Gasteiger partial charge in [0.05, 0.1) is 11.9 Å². The van der Waals surface area contributed by atoms with Crippen molar-refractivity contribution in [1.82, 2.24) is 5.32 Å². The van der Waals surface area contributed by atoms with E-state index >= 15 is 0 Å². The lowest BCUT2D eigenvalue weighted by atomic mass is 10.2. The van der Waals surface area contributed by atoms with Crippen LogP contribution in [0.3, 0.4) is 0 Å². The summed E-state index contributed by atoms with van der Waals surface area (Å²) in [5.41, 5.74) is 1.57. The van der Waals surface area contributed by atoms with Gasteiger partial charge in [-0.1, -0.05) is 22.0 Å². The number of halogens is 1. The minimum absolute atomic E-state index is 0.0395. The minimum atomic E-state index is -3.44. The maximum atomic E-state index is 11.9. The number of benzene rings is 1. The Morgan fingerprint density at radius 3 is 2.48 bits per heavy atom. The number of rotatable bonds is 6. The molecule has 0 saturated carbocycles. The van der Waals surface area contributed by atoms with Crippen LogP contribution < -0.4 is 9.62 Å². The molecule has 1 N–H and O–H groups in total. The van der Waals surface area contributed by atoms with E-state index in [1.54, 1.807) is 12.1 Å². The molecule has 0 aliphatic rings. The summed E-state index contributed by atoms with van der Waals surface area (Å²) in [5, 5.41) is 2.75. The molecule has 1 rings (SSSR count). The van der Waals surface area contributed by atoms with Gasteiger partial charge >= 0.3 is 0 Å². The van der Waals surface area contributed by atoms with Gasteiger partial charge < -0.3 is 5.32 Å². The molecule has 1 aromatic carbocycles. The number of hydrogen-bond donors (Lipinski definition) is 1. The first-order valence-electron chi connectivity index (χ1n) is 6.64. The molecule has 0 heterocycles. The monoisotopic (exact) mass is 376 g/mol. The molecular weight excluding hydrogens is 356 g/mol. The van der Waals surface area contributed by atoms with Crippen molar-refractivity contribution in [2.75, 3.05) is 17.1 Å². The van der Waals surface area contributed by atoms with Crippen LogP contribution in [0.4, 0.5) is 5.69 Å². The van der Waals surface area contributed by atoms with Gasteiger partial charge in [0.25, 0.3) is 0 Å². The quantitative estimate of drug-likeness (QED) is 0.828. The van der Waals surface area contributed by atoms with E-state index in [4.69, 9.17) is 0 Å². The zero-order valence-corrected chi connectivity index (χ0v) is 15.1. The number of carbonyl (C=O) groups is 1. The molecule has 118 valence electrons. The predicted molar refractivity (Wildman–Crippen MR) is 89.0 cm³/mol. The van der Waals surface area contributed by atoms with Crippen molar-refractivity contribution in [2.45, 2.75) is 33.2 Å². The molecule has 0 aliphatic carbocycles. The van der Waals surface area contributed by atoms with E-state index in [1.165, 1.54) is 4.31 Å². The highest BCUT2D eigenvalue weighted by atomic mass is 79.9. The summed E-state index contributed by atoms with van der Waals surface area (Å²) in [6.07, 6.45) is 1.26.